The molecule has 2 saturated heterocycles. The molecule has 6 rings (SSSR count). The lowest BCUT2D eigenvalue weighted by Gasteiger charge is -2.46. The molecule has 0 radical (unpaired) electrons. The Kier molecular flexibility index (Phi) is 3.36. The SMILES string of the molecule is O=C1N2CCC[C@H]2[C@@H]2OC(c3ccccc3)(c3ccccc3)C3=C(CC=C3)N12. The van der Waals surface area contributed by atoms with Gasteiger partial charge in [0.25, 0.3) is 0 Å². The molecule has 2 aromatic carbocycles. The van der Waals surface area contributed by atoms with Gasteiger partial charge in [0.2, 0.25) is 0 Å². The third kappa shape index (κ3) is 1.96. The first-order valence-electron chi connectivity index (χ1n) is 10.1. The quantitative estimate of drug-likeness (QED) is 0.785. The second-order valence-corrected chi connectivity index (χ2v) is 7.94. The Hall–Kier alpha value is -2.85. The number of nitrogens with zero attached hydrogens (tertiary/aromatic N) is 2. The van der Waals surface area contributed by atoms with E-state index in [0.717, 1.165) is 48.2 Å². The van der Waals surface area contributed by atoms with Crippen molar-refractivity contribution in [2.24, 2.45) is 0 Å². The summed E-state index contributed by atoms with van der Waals surface area (Å²) in [6.07, 6.45) is 6.91. The van der Waals surface area contributed by atoms with Crippen LogP contribution in [0.5, 0.6) is 0 Å². The summed E-state index contributed by atoms with van der Waals surface area (Å²) in [5, 5.41) is 0. The molecule has 0 aromatic heterocycles. The summed E-state index contributed by atoms with van der Waals surface area (Å²) in [6, 6.07) is 21.1. The van der Waals surface area contributed by atoms with Crippen molar-refractivity contribution in [3.05, 3.63) is 95.2 Å². The number of rotatable bonds is 2. The van der Waals surface area contributed by atoms with Crippen LogP contribution >= 0.6 is 0 Å². The van der Waals surface area contributed by atoms with E-state index in [1.807, 2.05) is 21.9 Å². The Morgan fingerprint density at radius 2 is 1.64 bits per heavy atom. The van der Waals surface area contributed by atoms with E-state index in [9.17, 15) is 4.79 Å². The Labute approximate surface area is 164 Å². The molecule has 4 nitrogen and oxygen atoms in total. The second kappa shape index (κ2) is 5.82. The van der Waals surface area contributed by atoms with Gasteiger partial charge in [-0.1, -0.05) is 72.8 Å². The van der Waals surface area contributed by atoms with Crippen LogP contribution in [0.3, 0.4) is 0 Å². The first-order valence-corrected chi connectivity index (χ1v) is 10.1. The highest BCUT2D eigenvalue weighted by molar-refractivity contribution is 5.81. The molecule has 2 atom stereocenters. The number of carbonyl (C=O) groups is 1. The zero-order valence-electron chi connectivity index (χ0n) is 15.6. The second-order valence-electron chi connectivity index (χ2n) is 7.94. The minimum Gasteiger partial charge on any atom is -0.335 e. The number of carbonyl (C=O) groups excluding carboxylic acids is 1. The van der Waals surface area contributed by atoms with Crippen LogP contribution < -0.4 is 0 Å². The molecule has 140 valence electrons. The lowest BCUT2D eigenvalue weighted by atomic mass is 9.78. The van der Waals surface area contributed by atoms with E-state index >= 15 is 0 Å². The molecule has 4 heteroatoms. The van der Waals surface area contributed by atoms with Crippen LogP contribution in [-0.4, -0.2) is 34.6 Å². The van der Waals surface area contributed by atoms with Crippen molar-refractivity contribution in [2.45, 2.75) is 37.1 Å². The normalized spacial score (nSPS) is 27.2. The topological polar surface area (TPSA) is 32.8 Å². The molecule has 1 aliphatic carbocycles. The summed E-state index contributed by atoms with van der Waals surface area (Å²) in [4.78, 5) is 17.1. The summed E-state index contributed by atoms with van der Waals surface area (Å²) in [5.41, 5.74) is 3.73. The van der Waals surface area contributed by atoms with E-state index < -0.39 is 5.60 Å². The Morgan fingerprint density at radius 3 is 2.32 bits per heavy atom. The summed E-state index contributed by atoms with van der Waals surface area (Å²) in [5.74, 6) is 0. The summed E-state index contributed by atoms with van der Waals surface area (Å²) < 4.78 is 7.02. The number of hydrogen-bond donors (Lipinski definition) is 0. The first kappa shape index (κ1) is 16.1. The molecule has 4 aliphatic rings. The molecule has 2 fully saturated rings. The van der Waals surface area contributed by atoms with Gasteiger partial charge in [-0.15, -0.1) is 0 Å². The third-order valence-electron chi connectivity index (χ3n) is 6.57. The highest BCUT2D eigenvalue weighted by atomic mass is 16.5. The van der Waals surface area contributed by atoms with Crippen LogP contribution in [0.15, 0.2) is 84.1 Å². The maximum Gasteiger partial charge on any atom is 0.326 e. The van der Waals surface area contributed by atoms with Crippen molar-refractivity contribution in [3.63, 3.8) is 0 Å². The third-order valence-corrected chi connectivity index (χ3v) is 6.57. The number of hydrogen-bond acceptors (Lipinski definition) is 2. The van der Waals surface area contributed by atoms with Gasteiger partial charge in [-0.3, -0.25) is 4.90 Å². The number of benzene rings is 2. The highest BCUT2D eigenvalue weighted by Crippen LogP contribution is 2.53. The maximum atomic E-state index is 13.2. The Balaban J connectivity index is 1.62. The lowest BCUT2D eigenvalue weighted by molar-refractivity contribution is -0.117. The van der Waals surface area contributed by atoms with Crippen molar-refractivity contribution >= 4 is 6.03 Å². The van der Waals surface area contributed by atoms with E-state index in [1.54, 1.807) is 0 Å². The number of fused-ring (bicyclic) bond motifs is 4. The average Bonchev–Trinajstić information content (AvgIpc) is 3.47. The molecule has 3 heterocycles. The molecule has 0 bridgehead atoms. The molecule has 0 saturated carbocycles. The molecule has 0 N–H and O–H groups in total. The molecule has 3 aliphatic heterocycles. The largest absolute Gasteiger partial charge is 0.335 e. The van der Waals surface area contributed by atoms with Crippen molar-refractivity contribution in [3.8, 4) is 0 Å². The minimum absolute atomic E-state index is 0.110. The van der Waals surface area contributed by atoms with Crippen LogP contribution in [0.1, 0.15) is 30.4 Å². The van der Waals surface area contributed by atoms with Crippen LogP contribution in [0, 0.1) is 0 Å². The number of allylic oxidation sites excluding steroid dienone is 1. The van der Waals surface area contributed by atoms with E-state index in [4.69, 9.17) is 4.74 Å². The van der Waals surface area contributed by atoms with Crippen molar-refractivity contribution in [1.29, 1.82) is 0 Å². The van der Waals surface area contributed by atoms with Crippen molar-refractivity contribution < 1.29 is 9.53 Å². The van der Waals surface area contributed by atoms with Gasteiger partial charge in [-0.05, 0) is 24.0 Å². The first-order chi connectivity index (χ1) is 13.8. The van der Waals surface area contributed by atoms with E-state index in [0.29, 0.717) is 0 Å². The predicted octanol–water partition coefficient (Wildman–Crippen LogP) is 4.40. The van der Waals surface area contributed by atoms with E-state index in [-0.39, 0.29) is 18.3 Å². The van der Waals surface area contributed by atoms with Crippen molar-refractivity contribution in [1.82, 2.24) is 9.80 Å². The fourth-order valence-electron chi connectivity index (χ4n) is 5.39. The molecule has 2 amide bonds. The van der Waals surface area contributed by atoms with Gasteiger partial charge >= 0.3 is 6.03 Å². The summed E-state index contributed by atoms with van der Waals surface area (Å²) >= 11 is 0. The molecular weight excluding hydrogens is 348 g/mol. The monoisotopic (exact) mass is 370 g/mol. The molecule has 0 spiro atoms. The fraction of sp³-hybridized carbons (Fsp3) is 0.292. The van der Waals surface area contributed by atoms with Gasteiger partial charge in [-0.2, -0.15) is 0 Å². The minimum atomic E-state index is -0.690. The predicted molar refractivity (Wildman–Crippen MR) is 106 cm³/mol. The Morgan fingerprint density at radius 1 is 0.964 bits per heavy atom. The van der Waals surface area contributed by atoms with Crippen LogP contribution in [0.4, 0.5) is 4.79 Å². The number of amides is 2. The molecule has 2 aromatic rings. The van der Waals surface area contributed by atoms with Gasteiger partial charge in [0.1, 0.15) is 5.60 Å². The van der Waals surface area contributed by atoms with Crippen molar-refractivity contribution in [2.75, 3.05) is 6.54 Å². The fourth-order valence-corrected chi connectivity index (χ4v) is 5.39. The van der Waals surface area contributed by atoms with Crippen LogP contribution in [0.25, 0.3) is 0 Å². The highest BCUT2D eigenvalue weighted by Gasteiger charge is 2.58. The van der Waals surface area contributed by atoms with Gasteiger partial charge in [-0.25, -0.2) is 4.79 Å². The molecule has 28 heavy (non-hydrogen) atoms. The average molecular weight is 370 g/mol. The Bertz CT molecular complexity index is 956. The van der Waals surface area contributed by atoms with Gasteiger partial charge in [0.15, 0.2) is 6.23 Å². The summed E-state index contributed by atoms with van der Waals surface area (Å²) in [7, 11) is 0. The van der Waals surface area contributed by atoms with Gasteiger partial charge in [0.05, 0.1) is 6.04 Å². The van der Waals surface area contributed by atoms with E-state index in [1.165, 1.54) is 0 Å². The molecular formula is C24H22N2O2. The van der Waals surface area contributed by atoms with Gasteiger partial charge < -0.3 is 9.64 Å². The van der Waals surface area contributed by atoms with Crippen LogP contribution in [0.2, 0.25) is 0 Å². The maximum absolute atomic E-state index is 13.2. The van der Waals surface area contributed by atoms with Crippen LogP contribution in [-0.2, 0) is 10.3 Å². The van der Waals surface area contributed by atoms with E-state index in [2.05, 4.69) is 60.7 Å². The lowest BCUT2D eigenvalue weighted by Crippen LogP contribution is -2.51. The number of urea groups is 1. The standard InChI is InChI=1S/C24H22N2O2/c27-23-25-16-8-15-21(25)22-26(23)20-14-7-13-19(20)24(28-22,17-9-3-1-4-10-17)18-11-5-2-6-12-18/h1-7,9-13,21-22H,8,14-16H2/t21-,22-/m0/s1. The summed E-state index contributed by atoms with van der Waals surface area (Å²) in [6.45, 7) is 0.833. The van der Waals surface area contributed by atoms with Gasteiger partial charge in [0, 0.05) is 24.2 Å². The zero-order valence-corrected chi connectivity index (χ0v) is 15.6. The zero-order chi connectivity index (χ0) is 18.7. The smallest absolute Gasteiger partial charge is 0.326 e. The number of ether oxygens (including phenoxy) is 1. The molecule has 0 unspecified atom stereocenters.